The molecule has 0 heterocycles. The minimum Gasteiger partial charge on any atom is -0.380 e. The Kier molecular flexibility index (Phi) is 5.17. The molecule has 3 rings (SSSR count). The van der Waals surface area contributed by atoms with Crippen LogP contribution in [0.2, 0.25) is 0 Å². The minimum atomic E-state index is -3.63. The molecule has 1 aliphatic rings. The lowest BCUT2D eigenvalue weighted by Gasteiger charge is -2.09. The molecule has 2 aromatic carbocycles. The van der Waals surface area contributed by atoms with Gasteiger partial charge in [-0.05, 0) is 36.6 Å². The molecule has 2 aromatic rings. The molecule has 4 nitrogen and oxygen atoms in total. The Morgan fingerprint density at radius 1 is 1.08 bits per heavy atom. The lowest BCUT2D eigenvalue weighted by atomic mass is 10.00. The van der Waals surface area contributed by atoms with Crippen molar-refractivity contribution in [2.75, 3.05) is 13.2 Å². The minimum absolute atomic E-state index is 0.122. The lowest BCUT2D eigenvalue weighted by molar-refractivity contribution is 0.117. The number of benzene rings is 2. The molecule has 0 radical (unpaired) electrons. The Bertz CT molecular complexity index is 901. The summed E-state index contributed by atoms with van der Waals surface area (Å²) in [5, 5.41) is 9.11. The Labute approximate surface area is 155 Å². The second-order valence-corrected chi connectivity index (χ2v) is 8.71. The van der Waals surface area contributed by atoms with Crippen LogP contribution in [0.5, 0.6) is 0 Å². The fraction of sp³-hybridized carbons (Fsp3) is 0.381. The predicted molar refractivity (Wildman–Crippen MR) is 101 cm³/mol. The van der Waals surface area contributed by atoms with Crippen molar-refractivity contribution in [1.29, 1.82) is 5.26 Å². The molecule has 0 N–H and O–H groups in total. The van der Waals surface area contributed by atoms with E-state index in [1.54, 1.807) is 30.3 Å². The van der Waals surface area contributed by atoms with Crippen LogP contribution in [0.3, 0.4) is 0 Å². The van der Waals surface area contributed by atoms with Gasteiger partial charge in [0.05, 0.1) is 22.8 Å². The highest BCUT2D eigenvalue weighted by molar-refractivity contribution is 7.92. The van der Waals surface area contributed by atoms with E-state index in [9.17, 15) is 13.7 Å². The monoisotopic (exact) mass is 369 g/mol. The van der Waals surface area contributed by atoms with Gasteiger partial charge in [0.15, 0.2) is 9.84 Å². The summed E-state index contributed by atoms with van der Waals surface area (Å²) in [5.41, 5.74) is 1.02. The van der Waals surface area contributed by atoms with Crippen LogP contribution in [0.15, 0.2) is 59.5 Å². The van der Waals surface area contributed by atoms with Crippen molar-refractivity contribution in [3.05, 3.63) is 65.7 Å². The number of nitriles is 1. The van der Waals surface area contributed by atoms with Gasteiger partial charge in [-0.2, -0.15) is 5.26 Å². The molecule has 0 amide bonds. The van der Waals surface area contributed by atoms with E-state index in [0.717, 1.165) is 12.0 Å². The Morgan fingerprint density at radius 2 is 1.73 bits per heavy atom. The highest BCUT2D eigenvalue weighted by Crippen LogP contribution is 2.63. The van der Waals surface area contributed by atoms with Gasteiger partial charge in [-0.25, -0.2) is 8.42 Å². The average molecular weight is 369 g/mol. The van der Waals surface area contributed by atoms with Gasteiger partial charge in [0.2, 0.25) is 0 Å². The summed E-state index contributed by atoms with van der Waals surface area (Å²) >= 11 is 0. The van der Waals surface area contributed by atoms with Crippen molar-refractivity contribution >= 4 is 9.84 Å². The molecule has 3 atom stereocenters. The number of hydrogen-bond acceptors (Lipinski definition) is 4. The van der Waals surface area contributed by atoms with Crippen molar-refractivity contribution in [2.24, 2.45) is 5.41 Å². The van der Waals surface area contributed by atoms with Crippen LogP contribution in [-0.4, -0.2) is 26.9 Å². The fourth-order valence-electron chi connectivity index (χ4n) is 3.66. The number of sulfone groups is 1. The summed E-state index contributed by atoms with van der Waals surface area (Å²) in [5.74, 6) is -0.379. The van der Waals surface area contributed by atoms with Crippen molar-refractivity contribution in [1.82, 2.24) is 0 Å². The van der Waals surface area contributed by atoms with Crippen LogP contribution in [-0.2, 0) is 21.0 Å². The molecule has 26 heavy (non-hydrogen) atoms. The third kappa shape index (κ3) is 3.04. The molecular weight excluding hydrogens is 346 g/mol. The van der Waals surface area contributed by atoms with E-state index in [4.69, 9.17) is 4.74 Å². The normalized spacial score (nSPS) is 24.8. The molecule has 1 aliphatic carbocycles. The van der Waals surface area contributed by atoms with E-state index in [2.05, 4.69) is 13.0 Å². The first kappa shape index (κ1) is 18.6. The zero-order valence-electron chi connectivity index (χ0n) is 15.1. The Morgan fingerprint density at radius 3 is 2.27 bits per heavy atom. The molecule has 0 aliphatic heterocycles. The highest BCUT2D eigenvalue weighted by Gasteiger charge is 2.72. The number of rotatable bonds is 7. The second-order valence-electron chi connectivity index (χ2n) is 6.64. The van der Waals surface area contributed by atoms with E-state index in [-0.39, 0.29) is 17.4 Å². The maximum absolute atomic E-state index is 13.2. The summed E-state index contributed by atoms with van der Waals surface area (Å²) < 4.78 is 32.0. The molecular formula is C21H23NO3S. The van der Waals surface area contributed by atoms with Gasteiger partial charge in [-0.15, -0.1) is 0 Å². The first-order valence-electron chi connectivity index (χ1n) is 8.88. The maximum Gasteiger partial charge on any atom is 0.183 e. The first-order chi connectivity index (χ1) is 12.5. The summed E-state index contributed by atoms with van der Waals surface area (Å²) in [6.45, 7) is 4.49. The first-order valence-corrected chi connectivity index (χ1v) is 10.4. The van der Waals surface area contributed by atoms with Crippen LogP contribution in [0, 0.1) is 16.7 Å². The Balaban J connectivity index is 2.04. The quantitative estimate of drug-likeness (QED) is 0.746. The molecule has 0 aromatic heterocycles. The van der Waals surface area contributed by atoms with Crippen LogP contribution < -0.4 is 0 Å². The van der Waals surface area contributed by atoms with Gasteiger partial charge < -0.3 is 4.74 Å². The van der Waals surface area contributed by atoms with Crippen molar-refractivity contribution in [2.45, 2.75) is 36.3 Å². The molecule has 1 saturated carbocycles. The Hall–Kier alpha value is -2.16. The third-order valence-corrected chi connectivity index (χ3v) is 7.45. The van der Waals surface area contributed by atoms with Crippen LogP contribution in [0.4, 0.5) is 0 Å². The highest BCUT2D eigenvalue weighted by atomic mass is 32.2. The number of ether oxygens (including phenoxy) is 1. The standard InChI is InChI=1S/C21H23NO3S/c1-3-16-10-12-17(13-11-16)19-20(21(19,14-22)15-25-4-2)26(23,24)18-8-6-5-7-9-18/h5-13,19-20H,3-4,15H2,1-2H3/t19-,20-,21+/m0/s1. The maximum atomic E-state index is 13.2. The van der Waals surface area contributed by atoms with Crippen LogP contribution in [0.25, 0.3) is 0 Å². The van der Waals surface area contributed by atoms with E-state index in [1.165, 1.54) is 5.56 Å². The van der Waals surface area contributed by atoms with Gasteiger partial charge >= 0.3 is 0 Å². The van der Waals surface area contributed by atoms with E-state index in [1.807, 2.05) is 31.2 Å². The molecule has 0 spiro atoms. The molecule has 1 fully saturated rings. The predicted octanol–water partition coefficient (Wildman–Crippen LogP) is 3.74. The van der Waals surface area contributed by atoms with Gasteiger partial charge in [0, 0.05) is 12.5 Å². The van der Waals surface area contributed by atoms with Gasteiger partial charge in [0.25, 0.3) is 0 Å². The zero-order chi connectivity index (χ0) is 18.8. The molecule has 0 bridgehead atoms. The summed E-state index contributed by atoms with van der Waals surface area (Å²) in [6, 6.07) is 18.6. The molecule has 136 valence electrons. The smallest absolute Gasteiger partial charge is 0.183 e. The van der Waals surface area contributed by atoms with Crippen LogP contribution >= 0.6 is 0 Å². The summed E-state index contributed by atoms with van der Waals surface area (Å²) in [6.07, 6.45) is 0.916. The number of nitrogens with zero attached hydrogens (tertiary/aromatic N) is 1. The van der Waals surface area contributed by atoms with E-state index in [0.29, 0.717) is 6.61 Å². The SMILES string of the molecule is CCOC[C@]1(C#N)[C@@H](c2ccc(CC)cc2)[C@@H]1S(=O)(=O)c1ccccc1. The summed E-state index contributed by atoms with van der Waals surface area (Å²) in [4.78, 5) is 0.258. The third-order valence-electron chi connectivity index (χ3n) is 5.16. The molecule has 0 saturated heterocycles. The van der Waals surface area contributed by atoms with Crippen molar-refractivity contribution in [3.8, 4) is 6.07 Å². The fourth-order valence-corrected chi connectivity index (χ4v) is 5.99. The zero-order valence-corrected chi connectivity index (χ0v) is 15.9. The number of aryl methyl sites for hydroxylation is 1. The van der Waals surface area contributed by atoms with E-state index < -0.39 is 20.5 Å². The van der Waals surface area contributed by atoms with Crippen molar-refractivity contribution < 1.29 is 13.2 Å². The lowest BCUT2D eigenvalue weighted by Crippen LogP contribution is -2.19. The molecule has 5 heteroatoms. The van der Waals surface area contributed by atoms with Gasteiger partial charge in [-0.1, -0.05) is 49.4 Å². The largest absolute Gasteiger partial charge is 0.380 e. The number of hydrogen-bond donors (Lipinski definition) is 0. The molecule has 0 unspecified atom stereocenters. The second kappa shape index (κ2) is 7.22. The van der Waals surface area contributed by atoms with Crippen LogP contribution in [0.1, 0.15) is 30.9 Å². The van der Waals surface area contributed by atoms with Gasteiger partial charge in [0.1, 0.15) is 5.41 Å². The average Bonchev–Trinajstić information content (AvgIpc) is 3.37. The topological polar surface area (TPSA) is 67.2 Å². The van der Waals surface area contributed by atoms with Crippen molar-refractivity contribution in [3.63, 3.8) is 0 Å². The van der Waals surface area contributed by atoms with E-state index >= 15 is 0 Å². The summed E-state index contributed by atoms with van der Waals surface area (Å²) in [7, 11) is -3.63. The van der Waals surface area contributed by atoms with Gasteiger partial charge in [-0.3, -0.25) is 0 Å².